The molecule has 1 fully saturated rings. The smallest absolute Gasteiger partial charge is 0.306 e. The first-order valence-corrected chi connectivity index (χ1v) is 4.77. The molecule has 1 N–H and O–H groups in total. The molecule has 2 atom stereocenters. The summed E-state index contributed by atoms with van der Waals surface area (Å²) in [5, 5.41) is 8.91. The lowest BCUT2D eigenvalue weighted by Crippen LogP contribution is -2.26. The monoisotopic (exact) mass is 169 g/mol. The molecule has 0 aromatic carbocycles. The first-order valence-electron chi connectivity index (χ1n) is 4.77. The standard InChI is InChI=1S/C10H17O2/c1-2-5-8-6-3-4-7-9(8)10(11)12/h8-9H,1-7H2,(H,11,12). The van der Waals surface area contributed by atoms with E-state index in [1.54, 1.807) is 0 Å². The van der Waals surface area contributed by atoms with E-state index in [0.717, 1.165) is 32.1 Å². The van der Waals surface area contributed by atoms with Gasteiger partial charge in [0.1, 0.15) is 0 Å². The van der Waals surface area contributed by atoms with E-state index in [0.29, 0.717) is 5.92 Å². The normalized spacial score (nSPS) is 30.1. The molecule has 1 radical (unpaired) electrons. The number of carbonyl (C=O) groups is 1. The molecule has 0 amide bonds. The fourth-order valence-electron chi connectivity index (χ4n) is 2.14. The van der Waals surface area contributed by atoms with Gasteiger partial charge in [-0.3, -0.25) is 4.79 Å². The van der Waals surface area contributed by atoms with Crippen LogP contribution >= 0.6 is 0 Å². The second-order valence-corrected chi connectivity index (χ2v) is 3.63. The van der Waals surface area contributed by atoms with Crippen LogP contribution in [0, 0.1) is 18.8 Å². The summed E-state index contributed by atoms with van der Waals surface area (Å²) in [5.74, 6) is -0.289. The Bertz CT molecular complexity index is 152. The van der Waals surface area contributed by atoms with Crippen LogP contribution in [0.2, 0.25) is 0 Å². The minimum absolute atomic E-state index is 0.0829. The van der Waals surface area contributed by atoms with Gasteiger partial charge < -0.3 is 5.11 Å². The molecule has 69 valence electrons. The van der Waals surface area contributed by atoms with E-state index in [1.807, 2.05) is 0 Å². The van der Waals surface area contributed by atoms with Crippen LogP contribution < -0.4 is 0 Å². The van der Waals surface area contributed by atoms with Crippen LogP contribution in [0.1, 0.15) is 38.5 Å². The topological polar surface area (TPSA) is 37.3 Å². The summed E-state index contributed by atoms with van der Waals surface area (Å²) in [6.45, 7) is 3.78. The van der Waals surface area contributed by atoms with E-state index in [2.05, 4.69) is 6.92 Å². The van der Waals surface area contributed by atoms with Gasteiger partial charge in [0.15, 0.2) is 0 Å². The van der Waals surface area contributed by atoms with Crippen LogP contribution in [0.25, 0.3) is 0 Å². The van der Waals surface area contributed by atoms with Crippen LogP contribution in [0.15, 0.2) is 0 Å². The molecule has 0 aliphatic heterocycles. The van der Waals surface area contributed by atoms with Gasteiger partial charge in [0.2, 0.25) is 0 Å². The number of hydrogen-bond donors (Lipinski definition) is 1. The Balaban J connectivity index is 2.48. The lowest BCUT2D eigenvalue weighted by Gasteiger charge is -2.27. The second-order valence-electron chi connectivity index (χ2n) is 3.63. The zero-order chi connectivity index (χ0) is 8.97. The van der Waals surface area contributed by atoms with E-state index in [9.17, 15) is 4.79 Å². The number of hydrogen-bond acceptors (Lipinski definition) is 1. The van der Waals surface area contributed by atoms with Crippen molar-refractivity contribution in [1.29, 1.82) is 0 Å². The first kappa shape index (κ1) is 9.56. The molecule has 0 saturated heterocycles. The molecule has 1 aliphatic rings. The predicted octanol–water partition coefficient (Wildman–Crippen LogP) is 2.49. The van der Waals surface area contributed by atoms with Crippen molar-refractivity contribution in [2.75, 3.05) is 0 Å². The average molecular weight is 169 g/mol. The number of rotatable bonds is 3. The highest BCUT2D eigenvalue weighted by molar-refractivity contribution is 5.70. The van der Waals surface area contributed by atoms with Crippen molar-refractivity contribution in [1.82, 2.24) is 0 Å². The summed E-state index contributed by atoms with van der Waals surface area (Å²) in [6.07, 6.45) is 6.11. The number of carboxylic acids is 1. The summed E-state index contributed by atoms with van der Waals surface area (Å²) in [4.78, 5) is 10.8. The molecule has 1 rings (SSSR count). The Morgan fingerprint density at radius 1 is 1.42 bits per heavy atom. The molecule has 0 heterocycles. The number of aliphatic carboxylic acids is 1. The summed E-state index contributed by atoms with van der Waals surface area (Å²) >= 11 is 0. The Morgan fingerprint density at radius 3 is 2.67 bits per heavy atom. The third-order valence-corrected chi connectivity index (χ3v) is 2.80. The highest BCUT2D eigenvalue weighted by atomic mass is 16.4. The van der Waals surface area contributed by atoms with E-state index in [4.69, 9.17) is 5.11 Å². The van der Waals surface area contributed by atoms with Crippen molar-refractivity contribution in [3.05, 3.63) is 6.92 Å². The highest BCUT2D eigenvalue weighted by Gasteiger charge is 2.29. The largest absolute Gasteiger partial charge is 0.481 e. The van der Waals surface area contributed by atoms with Gasteiger partial charge in [-0.05, 0) is 25.2 Å². The molecule has 0 aromatic heterocycles. The van der Waals surface area contributed by atoms with Gasteiger partial charge in [-0.2, -0.15) is 0 Å². The fraction of sp³-hybridized carbons (Fsp3) is 0.800. The average Bonchev–Trinajstić information content (AvgIpc) is 2.05. The van der Waals surface area contributed by atoms with Gasteiger partial charge in [0.25, 0.3) is 0 Å². The Hall–Kier alpha value is -0.530. The van der Waals surface area contributed by atoms with Crippen LogP contribution in [0.3, 0.4) is 0 Å². The van der Waals surface area contributed by atoms with Crippen molar-refractivity contribution in [2.24, 2.45) is 11.8 Å². The van der Waals surface area contributed by atoms with Gasteiger partial charge in [-0.25, -0.2) is 0 Å². The van der Waals surface area contributed by atoms with E-state index in [-0.39, 0.29) is 5.92 Å². The van der Waals surface area contributed by atoms with Crippen LogP contribution in [-0.4, -0.2) is 11.1 Å². The van der Waals surface area contributed by atoms with Crippen molar-refractivity contribution < 1.29 is 9.90 Å². The SMILES string of the molecule is [CH2]CCC1CCCCC1C(=O)O. The van der Waals surface area contributed by atoms with Gasteiger partial charge >= 0.3 is 5.97 Å². The summed E-state index contributed by atoms with van der Waals surface area (Å²) in [7, 11) is 0. The molecular weight excluding hydrogens is 152 g/mol. The lowest BCUT2D eigenvalue weighted by molar-refractivity contribution is -0.145. The van der Waals surface area contributed by atoms with Crippen molar-refractivity contribution in [3.63, 3.8) is 0 Å². The van der Waals surface area contributed by atoms with Gasteiger partial charge in [0.05, 0.1) is 5.92 Å². The van der Waals surface area contributed by atoms with Crippen LogP contribution in [0.4, 0.5) is 0 Å². The number of carboxylic acid groups (broad SMARTS) is 1. The quantitative estimate of drug-likeness (QED) is 0.704. The molecule has 0 bridgehead atoms. The minimum atomic E-state index is -0.604. The van der Waals surface area contributed by atoms with E-state index in [1.165, 1.54) is 6.42 Å². The molecule has 1 aliphatic carbocycles. The molecule has 2 heteroatoms. The molecule has 12 heavy (non-hydrogen) atoms. The highest BCUT2D eigenvalue weighted by Crippen LogP contribution is 2.33. The molecule has 1 saturated carbocycles. The van der Waals surface area contributed by atoms with E-state index < -0.39 is 5.97 Å². The molecular formula is C10H17O2. The molecule has 0 aromatic rings. The van der Waals surface area contributed by atoms with E-state index >= 15 is 0 Å². The maximum atomic E-state index is 10.8. The fourth-order valence-corrected chi connectivity index (χ4v) is 2.14. The molecule has 2 nitrogen and oxygen atoms in total. The summed E-state index contributed by atoms with van der Waals surface area (Å²) in [6, 6.07) is 0. The zero-order valence-electron chi connectivity index (χ0n) is 7.46. The van der Waals surface area contributed by atoms with Crippen molar-refractivity contribution >= 4 is 5.97 Å². The zero-order valence-corrected chi connectivity index (χ0v) is 7.46. The first-order chi connectivity index (χ1) is 5.75. The van der Waals surface area contributed by atoms with Crippen LogP contribution in [0.5, 0.6) is 0 Å². The Kier molecular flexibility index (Phi) is 3.57. The summed E-state index contributed by atoms with van der Waals surface area (Å²) in [5.41, 5.74) is 0. The molecule has 0 spiro atoms. The maximum Gasteiger partial charge on any atom is 0.306 e. The third kappa shape index (κ3) is 2.23. The lowest BCUT2D eigenvalue weighted by atomic mass is 9.77. The van der Waals surface area contributed by atoms with Crippen LogP contribution in [-0.2, 0) is 4.79 Å². The Morgan fingerprint density at radius 2 is 2.08 bits per heavy atom. The summed E-state index contributed by atoms with van der Waals surface area (Å²) < 4.78 is 0. The van der Waals surface area contributed by atoms with Gasteiger partial charge in [0, 0.05) is 0 Å². The van der Waals surface area contributed by atoms with Gasteiger partial charge in [-0.15, -0.1) is 0 Å². The van der Waals surface area contributed by atoms with Crippen molar-refractivity contribution in [3.8, 4) is 0 Å². The third-order valence-electron chi connectivity index (χ3n) is 2.80. The van der Waals surface area contributed by atoms with Crippen molar-refractivity contribution in [2.45, 2.75) is 38.5 Å². The second kappa shape index (κ2) is 4.48. The minimum Gasteiger partial charge on any atom is -0.481 e. The maximum absolute atomic E-state index is 10.8. The van der Waals surface area contributed by atoms with Gasteiger partial charge in [-0.1, -0.05) is 26.2 Å². The molecule has 2 unspecified atom stereocenters. The Labute approximate surface area is 74.0 Å². The predicted molar refractivity (Wildman–Crippen MR) is 47.7 cm³/mol.